The van der Waals surface area contributed by atoms with Crippen LogP contribution in [0.25, 0.3) is 10.6 Å². The molecule has 2 nitrogen and oxygen atoms in total. The van der Waals surface area contributed by atoms with Crippen LogP contribution in [0.3, 0.4) is 0 Å². The minimum atomic E-state index is -0.256. The van der Waals surface area contributed by atoms with Crippen LogP contribution in [0.1, 0.15) is 25.0 Å². The highest BCUT2D eigenvalue weighted by Crippen LogP contribution is 2.28. The molecule has 1 atom stereocenters. The van der Waals surface area contributed by atoms with Crippen molar-refractivity contribution < 1.29 is 9.50 Å². The van der Waals surface area contributed by atoms with Crippen molar-refractivity contribution in [2.45, 2.75) is 19.3 Å². The largest absolute Gasteiger partial charge is 0.396 e. The third kappa shape index (κ3) is 2.70. The van der Waals surface area contributed by atoms with Gasteiger partial charge in [0.05, 0.1) is 12.3 Å². The van der Waals surface area contributed by atoms with Crippen LogP contribution in [-0.4, -0.2) is 16.7 Å². The van der Waals surface area contributed by atoms with E-state index in [-0.39, 0.29) is 18.3 Å². The second-order valence-electron chi connectivity index (χ2n) is 3.88. The molecule has 0 bridgehead atoms. The van der Waals surface area contributed by atoms with E-state index in [0.29, 0.717) is 0 Å². The fourth-order valence-corrected chi connectivity index (χ4v) is 2.56. The molecule has 0 aliphatic carbocycles. The highest BCUT2D eigenvalue weighted by atomic mass is 32.1. The summed E-state index contributed by atoms with van der Waals surface area (Å²) in [6.07, 6.45) is 0.850. The van der Waals surface area contributed by atoms with Crippen molar-refractivity contribution in [3.05, 3.63) is 41.2 Å². The predicted octanol–water partition coefficient (Wildman–Crippen LogP) is 3.44. The highest BCUT2D eigenvalue weighted by Gasteiger charge is 2.13. The summed E-state index contributed by atoms with van der Waals surface area (Å²) in [4.78, 5) is 4.46. The maximum Gasteiger partial charge on any atom is 0.123 e. The van der Waals surface area contributed by atoms with Gasteiger partial charge in [0.1, 0.15) is 10.8 Å². The van der Waals surface area contributed by atoms with E-state index in [1.807, 2.05) is 18.4 Å². The van der Waals surface area contributed by atoms with Gasteiger partial charge in [0.2, 0.25) is 0 Å². The van der Waals surface area contributed by atoms with Gasteiger partial charge in [-0.2, -0.15) is 0 Å². The molecule has 0 saturated heterocycles. The highest BCUT2D eigenvalue weighted by molar-refractivity contribution is 7.13. The third-order valence-electron chi connectivity index (χ3n) is 2.72. The zero-order valence-electron chi connectivity index (χ0n) is 9.56. The van der Waals surface area contributed by atoms with Crippen molar-refractivity contribution in [3.63, 3.8) is 0 Å². The first-order chi connectivity index (χ1) is 8.24. The van der Waals surface area contributed by atoms with E-state index in [4.69, 9.17) is 0 Å². The average Bonchev–Trinajstić information content (AvgIpc) is 2.80. The number of aliphatic hydroxyl groups is 1. The molecule has 0 fully saturated rings. The van der Waals surface area contributed by atoms with E-state index in [1.165, 1.54) is 23.5 Å². The number of thiazole rings is 1. The zero-order chi connectivity index (χ0) is 12.3. The van der Waals surface area contributed by atoms with Crippen LogP contribution in [0, 0.1) is 5.82 Å². The summed E-state index contributed by atoms with van der Waals surface area (Å²) in [7, 11) is 0. The van der Waals surface area contributed by atoms with Crippen LogP contribution in [0.15, 0.2) is 29.6 Å². The molecule has 90 valence electrons. The summed E-state index contributed by atoms with van der Waals surface area (Å²) in [5.41, 5.74) is 1.67. The van der Waals surface area contributed by atoms with E-state index in [2.05, 4.69) is 4.98 Å². The molecule has 0 spiro atoms. The first kappa shape index (κ1) is 12.2. The molecule has 2 rings (SSSR count). The van der Waals surface area contributed by atoms with Gasteiger partial charge in [0.15, 0.2) is 0 Å². The Balaban J connectivity index is 2.29. The van der Waals surface area contributed by atoms with Gasteiger partial charge >= 0.3 is 0 Å². The molecule has 17 heavy (non-hydrogen) atoms. The van der Waals surface area contributed by atoms with Crippen LogP contribution in [-0.2, 0) is 0 Å². The normalized spacial score (nSPS) is 12.6. The Bertz CT molecular complexity index is 494. The van der Waals surface area contributed by atoms with E-state index in [9.17, 15) is 9.50 Å². The molecule has 0 amide bonds. The van der Waals surface area contributed by atoms with E-state index in [1.54, 1.807) is 6.07 Å². The topological polar surface area (TPSA) is 33.1 Å². The van der Waals surface area contributed by atoms with Gasteiger partial charge in [0.25, 0.3) is 0 Å². The lowest BCUT2D eigenvalue weighted by atomic mass is 10.1. The average molecular weight is 251 g/mol. The number of aromatic nitrogens is 1. The Morgan fingerprint density at radius 1 is 1.47 bits per heavy atom. The fourth-order valence-electron chi connectivity index (χ4n) is 1.66. The summed E-state index contributed by atoms with van der Waals surface area (Å²) in [6, 6.07) is 6.41. The van der Waals surface area contributed by atoms with Crippen LogP contribution >= 0.6 is 11.3 Å². The van der Waals surface area contributed by atoms with Gasteiger partial charge in [-0.25, -0.2) is 9.37 Å². The molecule has 1 N–H and O–H groups in total. The van der Waals surface area contributed by atoms with Crippen molar-refractivity contribution in [2.75, 3.05) is 6.61 Å². The molecule has 0 aliphatic rings. The molecule has 1 aromatic carbocycles. The molecule has 1 aromatic heterocycles. The molecular formula is C13H14FNOS. The lowest BCUT2D eigenvalue weighted by Crippen LogP contribution is -2.02. The van der Waals surface area contributed by atoms with Gasteiger partial charge < -0.3 is 5.11 Å². The van der Waals surface area contributed by atoms with Gasteiger partial charge in [-0.15, -0.1) is 11.3 Å². The minimum Gasteiger partial charge on any atom is -0.396 e. The molecule has 0 aliphatic heterocycles. The Labute approximate surface area is 104 Å². The maximum absolute atomic E-state index is 13.1. The van der Waals surface area contributed by atoms with Crippen LogP contribution < -0.4 is 0 Å². The summed E-state index contributed by atoms with van der Waals surface area (Å²) < 4.78 is 13.1. The SMILES string of the molecule is CCC(CO)c1csc(-c2cccc(F)c2)n1. The quantitative estimate of drug-likeness (QED) is 0.903. The van der Waals surface area contributed by atoms with E-state index in [0.717, 1.165) is 22.7 Å². The number of hydrogen-bond acceptors (Lipinski definition) is 3. The van der Waals surface area contributed by atoms with Crippen LogP contribution in [0.4, 0.5) is 4.39 Å². The Kier molecular flexibility index (Phi) is 3.86. The molecule has 2 aromatic rings. The monoisotopic (exact) mass is 251 g/mol. The van der Waals surface area contributed by atoms with E-state index >= 15 is 0 Å². The summed E-state index contributed by atoms with van der Waals surface area (Å²) in [5.74, 6) is -0.179. The van der Waals surface area contributed by atoms with Gasteiger partial charge in [-0.3, -0.25) is 0 Å². The van der Waals surface area contributed by atoms with Gasteiger partial charge in [-0.1, -0.05) is 19.1 Å². The molecule has 0 saturated carbocycles. The fraction of sp³-hybridized carbons (Fsp3) is 0.308. The van der Waals surface area contributed by atoms with Crippen molar-refractivity contribution in [2.24, 2.45) is 0 Å². The standard InChI is InChI=1S/C13H14FNOS/c1-2-9(7-16)12-8-17-13(15-12)10-4-3-5-11(14)6-10/h3-6,8-9,16H,2,7H2,1H3. The number of halogens is 1. The molecule has 4 heteroatoms. The van der Waals surface area contributed by atoms with Crippen molar-refractivity contribution in [1.82, 2.24) is 4.98 Å². The molecule has 1 heterocycles. The number of hydrogen-bond donors (Lipinski definition) is 1. The van der Waals surface area contributed by atoms with Gasteiger partial charge in [-0.05, 0) is 18.6 Å². The molecule has 1 unspecified atom stereocenters. The van der Waals surface area contributed by atoms with Crippen molar-refractivity contribution >= 4 is 11.3 Å². The summed E-state index contributed by atoms with van der Waals surface area (Å²) in [5, 5.41) is 11.9. The Hall–Kier alpha value is -1.26. The second-order valence-corrected chi connectivity index (χ2v) is 4.73. The zero-order valence-corrected chi connectivity index (χ0v) is 10.4. The Morgan fingerprint density at radius 2 is 2.29 bits per heavy atom. The number of benzene rings is 1. The number of aliphatic hydroxyl groups excluding tert-OH is 1. The smallest absolute Gasteiger partial charge is 0.123 e. The first-order valence-electron chi connectivity index (χ1n) is 5.56. The lowest BCUT2D eigenvalue weighted by molar-refractivity contribution is 0.260. The third-order valence-corrected chi connectivity index (χ3v) is 3.63. The first-order valence-corrected chi connectivity index (χ1v) is 6.44. The molecular weight excluding hydrogens is 237 g/mol. The number of rotatable bonds is 4. The Morgan fingerprint density at radius 3 is 2.94 bits per heavy atom. The lowest BCUT2D eigenvalue weighted by Gasteiger charge is -2.06. The number of nitrogens with zero attached hydrogens (tertiary/aromatic N) is 1. The van der Waals surface area contributed by atoms with E-state index < -0.39 is 0 Å². The second kappa shape index (κ2) is 5.38. The van der Waals surface area contributed by atoms with Gasteiger partial charge in [0, 0.05) is 16.9 Å². The molecule has 0 radical (unpaired) electrons. The van der Waals surface area contributed by atoms with Crippen molar-refractivity contribution in [1.29, 1.82) is 0 Å². The minimum absolute atomic E-state index is 0.0774. The van der Waals surface area contributed by atoms with Crippen LogP contribution in [0.5, 0.6) is 0 Å². The van der Waals surface area contributed by atoms with Crippen molar-refractivity contribution in [3.8, 4) is 10.6 Å². The summed E-state index contributed by atoms with van der Waals surface area (Å²) >= 11 is 1.48. The predicted molar refractivity (Wildman–Crippen MR) is 67.6 cm³/mol. The van der Waals surface area contributed by atoms with Crippen LogP contribution in [0.2, 0.25) is 0 Å². The maximum atomic E-state index is 13.1. The summed E-state index contributed by atoms with van der Waals surface area (Å²) in [6.45, 7) is 2.12.